The minimum atomic E-state index is -0.798. The molecular formula is C23H24O6. The largest absolute Gasteiger partial charge is 0.483 e. The molecule has 0 spiro atoms. The fourth-order valence-corrected chi connectivity index (χ4v) is 2.32. The van der Waals surface area contributed by atoms with Gasteiger partial charge in [0.2, 0.25) is 5.78 Å². The molecule has 1 N–H and O–H groups in total. The molecule has 1 atom stereocenters. The van der Waals surface area contributed by atoms with E-state index in [0.29, 0.717) is 43.0 Å². The van der Waals surface area contributed by atoms with Crippen molar-refractivity contribution in [2.45, 2.75) is 18.9 Å². The first kappa shape index (κ1) is 22.2. The quantitative estimate of drug-likeness (QED) is 0.182. The van der Waals surface area contributed by atoms with Crippen LogP contribution in [0.15, 0.2) is 77.9 Å². The minimum Gasteiger partial charge on any atom is -0.483 e. The smallest absolute Gasteiger partial charge is 0.330 e. The van der Waals surface area contributed by atoms with Crippen LogP contribution in [0.3, 0.4) is 0 Å². The monoisotopic (exact) mass is 396 g/mol. The molecule has 1 aromatic carbocycles. The van der Waals surface area contributed by atoms with E-state index in [4.69, 9.17) is 14.2 Å². The Bertz CT molecular complexity index is 839. The van der Waals surface area contributed by atoms with Gasteiger partial charge in [0.25, 0.3) is 0 Å². The van der Waals surface area contributed by atoms with Gasteiger partial charge in [-0.05, 0) is 30.7 Å². The predicted molar refractivity (Wildman–Crippen MR) is 107 cm³/mol. The lowest BCUT2D eigenvalue weighted by atomic mass is 10.0. The molecule has 0 saturated heterocycles. The van der Waals surface area contributed by atoms with Gasteiger partial charge in [-0.3, -0.25) is 4.79 Å². The van der Waals surface area contributed by atoms with Crippen molar-refractivity contribution < 1.29 is 28.9 Å². The van der Waals surface area contributed by atoms with Gasteiger partial charge in [-0.25, -0.2) is 4.79 Å². The molecular weight excluding hydrogens is 372 g/mol. The van der Waals surface area contributed by atoms with Crippen LogP contribution in [-0.2, 0) is 19.0 Å². The maximum absolute atomic E-state index is 12.3. The molecule has 0 saturated carbocycles. The molecule has 1 aliphatic carbocycles. The highest BCUT2D eigenvalue weighted by Crippen LogP contribution is 2.13. The molecule has 6 heteroatoms. The molecule has 2 rings (SSSR count). The van der Waals surface area contributed by atoms with Crippen LogP contribution in [0.1, 0.15) is 23.2 Å². The van der Waals surface area contributed by atoms with Crippen molar-refractivity contribution in [3.05, 3.63) is 83.5 Å². The lowest BCUT2D eigenvalue weighted by Crippen LogP contribution is -2.21. The molecule has 0 aliphatic heterocycles. The molecule has 0 fully saturated rings. The number of ketones is 1. The summed E-state index contributed by atoms with van der Waals surface area (Å²) < 4.78 is 15.7. The topological polar surface area (TPSA) is 82.1 Å². The lowest BCUT2D eigenvalue weighted by Gasteiger charge is -2.13. The lowest BCUT2D eigenvalue weighted by molar-refractivity contribution is -0.137. The summed E-state index contributed by atoms with van der Waals surface area (Å²) in [7, 11) is 0. The summed E-state index contributed by atoms with van der Waals surface area (Å²) in [5.74, 6) is -0.191. The molecule has 0 amide bonds. The third-order valence-electron chi connectivity index (χ3n) is 3.84. The van der Waals surface area contributed by atoms with Crippen molar-refractivity contribution in [3.63, 3.8) is 0 Å². The van der Waals surface area contributed by atoms with Crippen LogP contribution < -0.4 is 0 Å². The Morgan fingerprint density at radius 1 is 1.07 bits per heavy atom. The average Bonchev–Trinajstić information content (AvgIpc) is 2.77. The van der Waals surface area contributed by atoms with Gasteiger partial charge in [0, 0.05) is 18.2 Å². The number of benzene rings is 1. The van der Waals surface area contributed by atoms with Crippen molar-refractivity contribution in [3.8, 4) is 0 Å². The van der Waals surface area contributed by atoms with Crippen molar-refractivity contribution in [1.29, 1.82) is 0 Å². The van der Waals surface area contributed by atoms with Gasteiger partial charge < -0.3 is 19.3 Å². The van der Waals surface area contributed by atoms with E-state index >= 15 is 0 Å². The van der Waals surface area contributed by atoms with Crippen LogP contribution in [0.2, 0.25) is 0 Å². The van der Waals surface area contributed by atoms with Crippen molar-refractivity contribution in [2.24, 2.45) is 0 Å². The maximum Gasteiger partial charge on any atom is 0.330 e. The second-order valence-electron chi connectivity index (χ2n) is 6.17. The predicted octanol–water partition coefficient (Wildman–Crippen LogP) is 2.91. The van der Waals surface area contributed by atoms with Crippen LogP contribution in [0.4, 0.5) is 0 Å². The van der Waals surface area contributed by atoms with Crippen LogP contribution in [-0.4, -0.2) is 49.4 Å². The number of unbranched alkanes of at least 4 members (excludes halogenated alkanes) is 1. The van der Waals surface area contributed by atoms with Crippen LogP contribution >= 0.6 is 0 Å². The van der Waals surface area contributed by atoms with E-state index < -0.39 is 12.1 Å². The Morgan fingerprint density at radius 2 is 1.83 bits per heavy atom. The Kier molecular flexibility index (Phi) is 9.43. The second kappa shape index (κ2) is 12.3. The summed E-state index contributed by atoms with van der Waals surface area (Å²) in [5.41, 5.74) is 6.54. The van der Waals surface area contributed by atoms with Crippen LogP contribution in [0, 0.1) is 0 Å². The van der Waals surface area contributed by atoms with Crippen molar-refractivity contribution in [2.75, 3.05) is 26.4 Å². The average molecular weight is 396 g/mol. The van der Waals surface area contributed by atoms with Crippen molar-refractivity contribution >= 4 is 11.8 Å². The molecule has 0 aromatic heterocycles. The van der Waals surface area contributed by atoms with E-state index in [0.717, 1.165) is 6.08 Å². The van der Waals surface area contributed by atoms with Gasteiger partial charge in [0.1, 0.15) is 12.7 Å². The Labute approximate surface area is 170 Å². The highest BCUT2D eigenvalue weighted by molar-refractivity contribution is 6.10. The SMILES string of the molecule is C=CC(=O)OCCCCOCC(O)COC1=C=C=C(C(=O)c2ccccc2)C=C1. The van der Waals surface area contributed by atoms with E-state index in [1.54, 1.807) is 36.4 Å². The van der Waals surface area contributed by atoms with Gasteiger partial charge in [-0.2, -0.15) is 0 Å². The molecule has 1 unspecified atom stereocenters. The highest BCUT2D eigenvalue weighted by Gasteiger charge is 2.12. The molecule has 1 aliphatic rings. The number of carbonyl (C=O) groups excluding carboxylic acids is 2. The summed E-state index contributed by atoms with van der Waals surface area (Å²) in [6, 6.07) is 8.93. The molecule has 6 nitrogen and oxygen atoms in total. The van der Waals surface area contributed by atoms with Crippen molar-refractivity contribution in [1.82, 2.24) is 0 Å². The zero-order valence-corrected chi connectivity index (χ0v) is 16.1. The fraction of sp³-hybridized carbons (Fsp3) is 0.304. The zero-order chi connectivity index (χ0) is 20.9. The summed E-state index contributed by atoms with van der Waals surface area (Å²) >= 11 is 0. The number of carbonyl (C=O) groups is 2. The number of rotatable bonds is 13. The summed E-state index contributed by atoms with van der Waals surface area (Å²) in [6.07, 6.45) is 4.93. The van der Waals surface area contributed by atoms with Gasteiger partial charge in [-0.15, -0.1) is 0 Å². The number of hydrogen-bond acceptors (Lipinski definition) is 6. The zero-order valence-electron chi connectivity index (χ0n) is 16.1. The Balaban J connectivity index is 1.67. The second-order valence-corrected chi connectivity index (χ2v) is 6.17. The number of Topliss-reactive ketones (excluding diaryl/α,β-unsaturated/α-hetero) is 1. The first-order chi connectivity index (χ1) is 14.1. The molecule has 1 aromatic rings. The number of aliphatic hydroxyl groups excluding tert-OH is 1. The summed E-state index contributed by atoms with van der Waals surface area (Å²) in [5, 5.41) is 9.90. The number of esters is 1. The number of allylic oxidation sites excluding steroid dienone is 3. The van der Waals surface area contributed by atoms with E-state index in [-0.39, 0.29) is 19.0 Å². The number of ether oxygens (including phenoxy) is 3. The highest BCUT2D eigenvalue weighted by atomic mass is 16.5. The third-order valence-corrected chi connectivity index (χ3v) is 3.84. The summed E-state index contributed by atoms with van der Waals surface area (Å²) in [6.45, 7) is 4.23. The van der Waals surface area contributed by atoms with Crippen LogP contribution in [0.25, 0.3) is 0 Å². The summed E-state index contributed by atoms with van der Waals surface area (Å²) in [4.78, 5) is 23.2. The van der Waals surface area contributed by atoms with Gasteiger partial charge in [0.15, 0.2) is 5.76 Å². The van der Waals surface area contributed by atoms with Gasteiger partial charge in [0.05, 0.1) is 18.8 Å². The first-order valence-electron chi connectivity index (χ1n) is 9.31. The standard InChI is InChI=1S/C23H24O6/c1-2-22(25)28-15-7-6-14-27-16-20(24)17-29-21-12-10-19(11-13-21)23(26)18-8-4-3-5-9-18/h2-5,8-10,12,20,24H,1,6-7,14-17H2. The number of aliphatic hydroxyl groups is 1. The van der Waals surface area contributed by atoms with E-state index in [9.17, 15) is 14.7 Å². The molecule has 152 valence electrons. The molecule has 29 heavy (non-hydrogen) atoms. The number of hydrogen-bond donors (Lipinski definition) is 1. The van der Waals surface area contributed by atoms with Gasteiger partial charge in [-0.1, -0.05) is 42.6 Å². The van der Waals surface area contributed by atoms with E-state index in [2.05, 4.69) is 18.0 Å². The third kappa shape index (κ3) is 8.18. The van der Waals surface area contributed by atoms with E-state index in [1.165, 1.54) is 0 Å². The molecule has 0 bridgehead atoms. The first-order valence-corrected chi connectivity index (χ1v) is 9.31. The Hall–Kier alpha value is -3.14. The maximum atomic E-state index is 12.3. The minimum absolute atomic E-state index is 0.0350. The normalized spacial score (nSPS) is 13.3. The molecule has 0 heterocycles. The Morgan fingerprint density at radius 3 is 2.52 bits per heavy atom. The van der Waals surface area contributed by atoms with Crippen LogP contribution in [0.5, 0.6) is 0 Å². The fourth-order valence-electron chi connectivity index (χ4n) is 2.32. The van der Waals surface area contributed by atoms with Gasteiger partial charge >= 0.3 is 5.97 Å². The van der Waals surface area contributed by atoms with E-state index in [1.807, 2.05) is 6.07 Å². The molecule has 0 radical (unpaired) electrons.